The van der Waals surface area contributed by atoms with Crippen LogP contribution in [0, 0.1) is 0 Å². The van der Waals surface area contributed by atoms with Crippen molar-refractivity contribution in [2.75, 3.05) is 18.5 Å². The normalized spacial score (nSPS) is 13.9. The summed E-state index contributed by atoms with van der Waals surface area (Å²) in [6.07, 6.45) is 0.606. The topological polar surface area (TPSA) is 75.4 Å². The van der Waals surface area contributed by atoms with Gasteiger partial charge in [0, 0.05) is 19.5 Å². The van der Waals surface area contributed by atoms with Gasteiger partial charge >= 0.3 is 0 Å². The summed E-state index contributed by atoms with van der Waals surface area (Å²) in [7, 11) is 1.78. The molecule has 0 aliphatic carbocycles. The maximum Gasteiger partial charge on any atom is 0.238 e. The monoisotopic (exact) mass is 247 g/mol. The van der Waals surface area contributed by atoms with Crippen molar-refractivity contribution in [3.8, 4) is 0 Å². The predicted molar refractivity (Wildman–Crippen MR) is 69.1 cm³/mol. The third-order valence-corrected chi connectivity index (χ3v) is 3.05. The average Bonchev–Trinajstić information content (AvgIpc) is 2.70. The van der Waals surface area contributed by atoms with E-state index < -0.39 is 0 Å². The number of fused-ring (bicyclic) bond motifs is 1. The van der Waals surface area contributed by atoms with E-state index in [2.05, 4.69) is 5.32 Å². The van der Waals surface area contributed by atoms with Crippen molar-refractivity contribution in [2.45, 2.75) is 19.4 Å². The van der Waals surface area contributed by atoms with E-state index in [1.54, 1.807) is 13.1 Å². The Morgan fingerprint density at radius 2 is 2.28 bits per heavy atom. The summed E-state index contributed by atoms with van der Waals surface area (Å²) in [6, 6.07) is 5.56. The molecule has 0 saturated heterocycles. The molecule has 1 heterocycles. The molecular formula is C13H17N3O2. The van der Waals surface area contributed by atoms with E-state index in [4.69, 9.17) is 5.73 Å². The van der Waals surface area contributed by atoms with Crippen LogP contribution in [0.1, 0.15) is 17.5 Å². The molecule has 1 aromatic rings. The number of hydrogen-bond donors (Lipinski definition) is 2. The Balaban J connectivity index is 2.25. The highest BCUT2D eigenvalue weighted by atomic mass is 16.2. The Bertz CT molecular complexity index is 485. The van der Waals surface area contributed by atoms with Crippen LogP contribution in [-0.2, 0) is 22.6 Å². The van der Waals surface area contributed by atoms with Crippen LogP contribution in [0.15, 0.2) is 18.2 Å². The lowest BCUT2D eigenvalue weighted by Crippen LogP contribution is -2.35. The molecule has 0 radical (unpaired) electrons. The molecule has 18 heavy (non-hydrogen) atoms. The Hall–Kier alpha value is -1.72. The lowest BCUT2D eigenvalue weighted by atomic mass is 10.1. The van der Waals surface area contributed by atoms with E-state index in [9.17, 15) is 9.59 Å². The Morgan fingerprint density at radius 3 is 2.94 bits per heavy atom. The van der Waals surface area contributed by atoms with Gasteiger partial charge in [0.25, 0.3) is 0 Å². The standard InChI is InChI=1S/C13H17N3O2/c1-15-5-4-12(17)16-11-3-2-9(8-14)6-10(11)7-13(16)18/h2-3,6,15H,4-5,7-8,14H2,1H3. The summed E-state index contributed by atoms with van der Waals surface area (Å²) in [6.45, 7) is 1.01. The first kappa shape index (κ1) is 12.7. The number of amides is 2. The third kappa shape index (κ3) is 2.27. The fourth-order valence-electron chi connectivity index (χ4n) is 2.12. The van der Waals surface area contributed by atoms with Gasteiger partial charge in [-0.3, -0.25) is 9.59 Å². The van der Waals surface area contributed by atoms with Crippen molar-refractivity contribution in [3.05, 3.63) is 29.3 Å². The maximum atomic E-state index is 12.0. The number of nitrogens with one attached hydrogen (secondary N) is 1. The number of benzene rings is 1. The van der Waals surface area contributed by atoms with Crippen molar-refractivity contribution in [3.63, 3.8) is 0 Å². The average molecular weight is 247 g/mol. The lowest BCUT2D eigenvalue weighted by molar-refractivity contribution is -0.125. The van der Waals surface area contributed by atoms with Gasteiger partial charge in [-0.05, 0) is 24.2 Å². The maximum absolute atomic E-state index is 12.0. The molecule has 0 aromatic heterocycles. The molecule has 0 saturated carbocycles. The van der Waals surface area contributed by atoms with Crippen LogP contribution in [0.5, 0.6) is 0 Å². The zero-order chi connectivity index (χ0) is 13.1. The van der Waals surface area contributed by atoms with E-state index in [-0.39, 0.29) is 18.2 Å². The highest BCUT2D eigenvalue weighted by Gasteiger charge is 2.31. The van der Waals surface area contributed by atoms with Crippen molar-refractivity contribution in [1.82, 2.24) is 5.32 Å². The minimum absolute atomic E-state index is 0.153. The molecule has 0 unspecified atom stereocenters. The Morgan fingerprint density at radius 1 is 1.50 bits per heavy atom. The third-order valence-electron chi connectivity index (χ3n) is 3.05. The number of imide groups is 1. The smallest absolute Gasteiger partial charge is 0.238 e. The fraction of sp³-hybridized carbons (Fsp3) is 0.385. The first-order valence-electron chi connectivity index (χ1n) is 5.99. The first-order chi connectivity index (χ1) is 8.67. The van der Waals surface area contributed by atoms with Crippen LogP contribution in [0.4, 0.5) is 5.69 Å². The van der Waals surface area contributed by atoms with E-state index >= 15 is 0 Å². The van der Waals surface area contributed by atoms with Gasteiger partial charge in [-0.25, -0.2) is 4.90 Å². The van der Waals surface area contributed by atoms with Crippen molar-refractivity contribution >= 4 is 17.5 Å². The minimum atomic E-state index is -0.159. The SMILES string of the molecule is CNCCC(=O)N1C(=O)Cc2cc(CN)ccc21. The summed E-state index contributed by atoms with van der Waals surface area (Å²) in [4.78, 5) is 25.1. The fourth-order valence-corrected chi connectivity index (χ4v) is 2.12. The van der Waals surface area contributed by atoms with Gasteiger partial charge in [-0.2, -0.15) is 0 Å². The summed E-state index contributed by atoms with van der Waals surface area (Å²) in [5, 5.41) is 2.90. The van der Waals surface area contributed by atoms with Crippen molar-refractivity contribution < 1.29 is 9.59 Å². The van der Waals surface area contributed by atoms with Crippen LogP contribution < -0.4 is 16.0 Å². The number of nitrogens with two attached hydrogens (primary N) is 1. The number of carbonyl (C=O) groups excluding carboxylic acids is 2. The minimum Gasteiger partial charge on any atom is -0.326 e. The highest BCUT2D eigenvalue weighted by Crippen LogP contribution is 2.30. The Kier molecular flexibility index (Phi) is 3.74. The Labute approximate surface area is 106 Å². The molecule has 1 aromatic carbocycles. The largest absolute Gasteiger partial charge is 0.326 e. The van der Waals surface area contributed by atoms with Gasteiger partial charge < -0.3 is 11.1 Å². The summed E-state index contributed by atoms with van der Waals surface area (Å²) >= 11 is 0. The second-order valence-corrected chi connectivity index (χ2v) is 4.32. The molecule has 1 aliphatic heterocycles. The molecule has 1 aliphatic rings. The zero-order valence-electron chi connectivity index (χ0n) is 10.4. The van der Waals surface area contributed by atoms with Gasteiger partial charge in [0.15, 0.2) is 0 Å². The van der Waals surface area contributed by atoms with Crippen molar-refractivity contribution in [2.24, 2.45) is 5.73 Å². The van der Waals surface area contributed by atoms with Gasteiger partial charge in [0.05, 0.1) is 12.1 Å². The number of anilines is 1. The second kappa shape index (κ2) is 5.29. The summed E-state index contributed by atoms with van der Waals surface area (Å²) in [5.74, 6) is -0.311. The molecule has 3 N–H and O–H groups in total. The highest BCUT2D eigenvalue weighted by molar-refractivity contribution is 6.19. The van der Waals surface area contributed by atoms with Crippen LogP contribution in [0.3, 0.4) is 0 Å². The van der Waals surface area contributed by atoms with Gasteiger partial charge in [0.2, 0.25) is 11.8 Å². The number of rotatable bonds is 4. The number of hydrogen-bond acceptors (Lipinski definition) is 4. The first-order valence-corrected chi connectivity index (χ1v) is 5.99. The number of nitrogens with zero attached hydrogens (tertiary/aromatic N) is 1. The van der Waals surface area contributed by atoms with E-state index in [0.29, 0.717) is 25.2 Å². The molecule has 2 rings (SSSR count). The van der Waals surface area contributed by atoms with E-state index in [0.717, 1.165) is 11.1 Å². The quantitative estimate of drug-likeness (QED) is 0.795. The van der Waals surface area contributed by atoms with Crippen LogP contribution >= 0.6 is 0 Å². The van der Waals surface area contributed by atoms with Gasteiger partial charge in [0.1, 0.15) is 0 Å². The van der Waals surface area contributed by atoms with Crippen molar-refractivity contribution in [1.29, 1.82) is 0 Å². The molecule has 0 spiro atoms. The lowest BCUT2D eigenvalue weighted by Gasteiger charge is -2.15. The molecule has 0 bridgehead atoms. The van der Waals surface area contributed by atoms with E-state index in [1.807, 2.05) is 12.1 Å². The van der Waals surface area contributed by atoms with Gasteiger partial charge in [-0.1, -0.05) is 12.1 Å². The molecule has 2 amide bonds. The molecule has 5 heteroatoms. The molecule has 0 fully saturated rings. The molecule has 5 nitrogen and oxygen atoms in total. The molecular weight excluding hydrogens is 230 g/mol. The molecule has 0 atom stereocenters. The predicted octanol–water partition coefficient (Wildman–Crippen LogP) is 0.171. The second-order valence-electron chi connectivity index (χ2n) is 4.32. The zero-order valence-corrected chi connectivity index (χ0v) is 10.4. The van der Waals surface area contributed by atoms with Crippen LogP contribution in [0.25, 0.3) is 0 Å². The molecule has 96 valence electrons. The number of carbonyl (C=O) groups is 2. The summed E-state index contributed by atoms with van der Waals surface area (Å²) < 4.78 is 0. The van der Waals surface area contributed by atoms with Crippen LogP contribution in [0.2, 0.25) is 0 Å². The van der Waals surface area contributed by atoms with Gasteiger partial charge in [-0.15, -0.1) is 0 Å². The van der Waals surface area contributed by atoms with Crippen LogP contribution in [-0.4, -0.2) is 25.4 Å². The van der Waals surface area contributed by atoms with E-state index in [1.165, 1.54) is 4.90 Å². The summed E-state index contributed by atoms with van der Waals surface area (Å²) in [5.41, 5.74) is 8.14.